The van der Waals surface area contributed by atoms with Crippen LogP contribution in [0.5, 0.6) is 11.5 Å². The van der Waals surface area contributed by atoms with Crippen LogP contribution in [0.1, 0.15) is 19.4 Å². The molecule has 1 aromatic rings. The number of allylic oxidation sites excluding steroid dienone is 1. The summed E-state index contributed by atoms with van der Waals surface area (Å²) in [4.78, 5) is 32.0. The van der Waals surface area contributed by atoms with E-state index in [-0.39, 0.29) is 11.5 Å². The molecule has 5 nitrogen and oxygen atoms in total. The summed E-state index contributed by atoms with van der Waals surface area (Å²) < 4.78 is 9.82. The van der Waals surface area contributed by atoms with Gasteiger partial charge in [0, 0.05) is 13.8 Å². The van der Waals surface area contributed by atoms with Crippen LogP contribution in [-0.2, 0) is 14.4 Å². The van der Waals surface area contributed by atoms with Gasteiger partial charge in [0.1, 0.15) is 6.29 Å². The Labute approximate surface area is 104 Å². The summed E-state index contributed by atoms with van der Waals surface area (Å²) in [6.45, 7) is 2.49. The van der Waals surface area contributed by atoms with Crippen molar-refractivity contribution in [3.05, 3.63) is 29.8 Å². The van der Waals surface area contributed by atoms with Crippen LogP contribution < -0.4 is 9.47 Å². The Morgan fingerprint density at radius 3 is 2.22 bits per heavy atom. The molecule has 0 saturated heterocycles. The molecule has 0 aliphatic rings. The Balaban J connectivity index is 3.10. The van der Waals surface area contributed by atoms with Gasteiger partial charge in [-0.3, -0.25) is 14.4 Å². The molecule has 0 saturated carbocycles. The molecule has 0 fully saturated rings. The predicted octanol–water partition coefficient (Wildman–Crippen LogP) is 1.75. The van der Waals surface area contributed by atoms with E-state index in [0.29, 0.717) is 11.8 Å². The SMILES string of the molecule is CC(=O)Oc1ccc(/C=C/C=O)cc1OC(C)=O. The van der Waals surface area contributed by atoms with E-state index >= 15 is 0 Å². The molecule has 0 aliphatic carbocycles. The third-order valence-corrected chi connectivity index (χ3v) is 1.84. The summed E-state index contributed by atoms with van der Waals surface area (Å²) in [5, 5.41) is 0. The standard InChI is InChI=1S/C13H12O5/c1-9(15)17-12-6-5-11(4-3-7-14)8-13(12)18-10(2)16/h3-8H,1-2H3/b4-3+. The quantitative estimate of drug-likeness (QED) is 0.351. The van der Waals surface area contributed by atoms with E-state index in [1.54, 1.807) is 6.07 Å². The van der Waals surface area contributed by atoms with E-state index < -0.39 is 11.9 Å². The highest BCUT2D eigenvalue weighted by atomic mass is 16.6. The minimum Gasteiger partial charge on any atom is -0.423 e. The maximum atomic E-state index is 10.9. The van der Waals surface area contributed by atoms with Crippen molar-refractivity contribution in [2.75, 3.05) is 0 Å². The molecule has 0 N–H and O–H groups in total. The zero-order chi connectivity index (χ0) is 13.5. The smallest absolute Gasteiger partial charge is 0.308 e. The summed E-state index contributed by atoms with van der Waals surface area (Å²) in [6.07, 6.45) is 3.47. The summed E-state index contributed by atoms with van der Waals surface area (Å²) in [5.74, 6) is -0.758. The van der Waals surface area contributed by atoms with Crippen molar-refractivity contribution < 1.29 is 23.9 Å². The van der Waals surface area contributed by atoms with Crippen molar-refractivity contribution in [2.24, 2.45) is 0 Å². The molecule has 18 heavy (non-hydrogen) atoms. The highest BCUT2D eigenvalue weighted by Crippen LogP contribution is 2.29. The second-order valence-electron chi connectivity index (χ2n) is 3.39. The number of carbonyl (C=O) groups excluding carboxylic acids is 3. The van der Waals surface area contributed by atoms with E-state index in [9.17, 15) is 14.4 Å². The van der Waals surface area contributed by atoms with Crippen LogP contribution in [0.2, 0.25) is 0 Å². The fourth-order valence-corrected chi connectivity index (χ4v) is 1.25. The normalized spacial score (nSPS) is 10.1. The molecule has 0 radical (unpaired) electrons. The number of benzene rings is 1. The molecule has 1 aromatic carbocycles. The van der Waals surface area contributed by atoms with Crippen molar-refractivity contribution in [1.82, 2.24) is 0 Å². The van der Waals surface area contributed by atoms with Crippen LogP contribution in [0.4, 0.5) is 0 Å². The highest BCUT2D eigenvalue weighted by Gasteiger charge is 2.10. The maximum absolute atomic E-state index is 10.9. The Kier molecular flexibility index (Phi) is 4.80. The molecule has 0 amide bonds. The Morgan fingerprint density at radius 1 is 1.06 bits per heavy atom. The van der Waals surface area contributed by atoms with Gasteiger partial charge in [-0.05, 0) is 23.8 Å². The average molecular weight is 248 g/mol. The number of carbonyl (C=O) groups is 3. The molecular weight excluding hydrogens is 236 g/mol. The predicted molar refractivity (Wildman–Crippen MR) is 64.2 cm³/mol. The Bertz CT molecular complexity index is 502. The van der Waals surface area contributed by atoms with Gasteiger partial charge >= 0.3 is 11.9 Å². The highest BCUT2D eigenvalue weighted by molar-refractivity contribution is 5.77. The lowest BCUT2D eigenvalue weighted by atomic mass is 10.2. The maximum Gasteiger partial charge on any atom is 0.308 e. The minimum absolute atomic E-state index is 0.130. The first-order valence-corrected chi connectivity index (χ1v) is 5.15. The monoisotopic (exact) mass is 248 g/mol. The van der Waals surface area contributed by atoms with Crippen LogP contribution in [-0.4, -0.2) is 18.2 Å². The molecular formula is C13H12O5. The molecule has 0 aliphatic heterocycles. The first-order chi connectivity index (χ1) is 8.52. The molecule has 0 bridgehead atoms. The molecule has 0 atom stereocenters. The van der Waals surface area contributed by atoms with E-state index in [1.165, 1.54) is 38.1 Å². The molecule has 0 heterocycles. The van der Waals surface area contributed by atoms with Gasteiger partial charge in [0.15, 0.2) is 11.5 Å². The first kappa shape index (κ1) is 13.6. The van der Waals surface area contributed by atoms with Crippen LogP contribution in [0.15, 0.2) is 24.3 Å². The van der Waals surface area contributed by atoms with Gasteiger partial charge in [-0.25, -0.2) is 0 Å². The van der Waals surface area contributed by atoms with E-state index in [1.807, 2.05) is 0 Å². The average Bonchev–Trinajstić information content (AvgIpc) is 2.28. The lowest BCUT2D eigenvalue weighted by Gasteiger charge is -2.09. The third-order valence-electron chi connectivity index (χ3n) is 1.84. The van der Waals surface area contributed by atoms with Crippen LogP contribution in [0.3, 0.4) is 0 Å². The van der Waals surface area contributed by atoms with Gasteiger partial charge in [-0.15, -0.1) is 0 Å². The van der Waals surface area contributed by atoms with E-state index in [2.05, 4.69) is 0 Å². The molecule has 0 spiro atoms. The van der Waals surface area contributed by atoms with Gasteiger partial charge < -0.3 is 9.47 Å². The van der Waals surface area contributed by atoms with Crippen molar-refractivity contribution >= 4 is 24.3 Å². The van der Waals surface area contributed by atoms with Gasteiger partial charge in [-0.1, -0.05) is 12.1 Å². The molecule has 1 rings (SSSR count). The summed E-state index contributed by atoms with van der Waals surface area (Å²) in [5.41, 5.74) is 0.647. The lowest BCUT2D eigenvalue weighted by molar-refractivity contribution is -0.134. The van der Waals surface area contributed by atoms with Crippen LogP contribution in [0, 0.1) is 0 Å². The second kappa shape index (κ2) is 6.34. The fraction of sp³-hybridized carbons (Fsp3) is 0.154. The van der Waals surface area contributed by atoms with Crippen LogP contribution in [0.25, 0.3) is 6.08 Å². The number of ether oxygens (including phenoxy) is 2. The Hall–Kier alpha value is -2.43. The van der Waals surface area contributed by atoms with Gasteiger partial charge in [-0.2, -0.15) is 0 Å². The van der Waals surface area contributed by atoms with Crippen molar-refractivity contribution in [1.29, 1.82) is 0 Å². The van der Waals surface area contributed by atoms with Crippen molar-refractivity contribution in [3.8, 4) is 11.5 Å². The largest absolute Gasteiger partial charge is 0.423 e. The zero-order valence-electron chi connectivity index (χ0n) is 10.0. The number of aldehydes is 1. The van der Waals surface area contributed by atoms with Crippen LogP contribution >= 0.6 is 0 Å². The number of hydrogen-bond donors (Lipinski definition) is 0. The van der Waals surface area contributed by atoms with Gasteiger partial charge in [0.05, 0.1) is 0 Å². The number of hydrogen-bond acceptors (Lipinski definition) is 5. The first-order valence-electron chi connectivity index (χ1n) is 5.15. The van der Waals surface area contributed by atoms with Crippen molar-refractivity contribution in [3.63, 3.8) is 0 Å². The summed E-state index contributed by atoms with van der Waals surface area (Å²) >= 11 is 0. The minimum atomic E-state index is -0.528. The third kappa shape index (κ3) is 4.21. The van der Waals surface area contributed by atoms with Gasteiger partial charge in [0.25, 0.3) is 0 Å². The second-order valence-corrected chi connectivity index (χ2v) is 3.39. The fourth-order valence-electron chi connectivity index (χ4n) is 1.25. The Morgan fingerprint density at radius 2 is 1.67 bits per heavy atom. The molecule has 94 valence electrons. The van der Waals surface area contributed by atoms with Gasteiger partial charge in [0.2, 0.25) is 0 Å². The topological polar surface area (TPSA) is 69.7 Å². The number of esters is 2. The van der Waals surface area contributed by atoms with Crippen molar-refractivity contribution in [2.45, 2.75) is 13.8 Å². The summed E-state index contributed by atoms with van der Waals surface area (Å²) in [6, 6.07) is 4.62. The molecule has 5 heteroatoms. The number of rotatable bonds is 4. The molecule has 0 aromatic heterocycles. The van der Waals surface area contributed by atoms with E-state index in [4.69, 9.17) is 9.47 Å². The zero-order valence-corrected chi connectivity index (χ0v) is 10.0. The molecule has 0 unspecified atom stereocenters. The summed E-state index contributed by atoms with van der Waals surface area (Å²) in [7, 11) is 0. The van der Waals surface area contributed by atoms with E-state index in [0.717, 1.165) is 0 Å². The lowest BCUT2D eigenvalue weighted by Crippen LogP contribution is -2.07.